The molecule has 5 heteroatoms. The Morgan fingerprint density at radius 3 is 2.93 bits per heavy atom. The highest BCUT2D eigenvalue weighted by molar-refractivity contribution is 8.45. The fourth-order valence-corrected chi connectivity index (χ4v) is 2.50. The van der Waals surface area contributed by atoms with Gasteiger partial charge in [-0.05, 0) is 36.2 Å². The Kier molecular flexibility index (Phi) is 3.02. The van der Waals surface area contributed by atoms with Gasteiger partial charge < -0.3 is 4.57 Å². The first-order chi connectivity index (χ1) is 7.20. The van der Waals surface area contributed by atoms with E-state index < -0.39 is 0 Å². The van der Waals surface area contributed by atoms with Crippen LogP contribution in [0.4, 0.5) is 0 Å². The Morgan fingerprint density at radius 2 is 2.40 bits per heavy atom. The highest BCUT2D eigenvalue weighted by Crippen LogP contribution is 2.29. The topological polar surface area (TPSA) is 34.4 Å². The van der Waals surface area contributed by atoms with Crippen molar-refractivity contribution in [2.45, 2.75) is 0 Å². The second kappa shape index (κ2) is 4.28. The average Bonchev–Trinajstić information content (AvgIpc) is 2.76. The van der Waals surface area contributed by atoms with Gasteiger partial charge in [0.25, 0.3) is 0 Å². The molecule has 1 aromatic heterocycles. The predicted molar refractivity (Wildman–Crippen MR) is 66.9 cm³/mol. The van der Waals surface area contributed by atoms with Crippen molar-refractivity contribution in [3.05, 3.63) is 29.7 Å². The quantitative estimate of drug-likeness (QED) is 0.704. The average molecular weight is 238 g/mol. The number of aliphatic imine (C=N–C) groups is 1. The second-order valence-corrected chi connectivity index (χ2v) is 5.06. The standard InChI is InChI=1S/C10H10N2OS2/c1-12-5-3-4-7(12)6-8-9(13)15-10(11-8)14-2/h3-6H,1-2H3/b8-6-. The van der Waals surface area contributed by atoms with E-state index in [1.54, 1.807) is 0 Å². The summed E-state index contributed by atoms with van der Waals surface area (Å²) < 4.78 is 2.78. The van der Waals surface area contributed by atoms with E-state index >= 15 is 0 Å². The molecule has 0 unspecified atom stereocenters. The first kappa shape index (κ1) is 10.6. The lowest BCUT2D eigenvalue weighted by Crippen LogP contribution is -1.92. The second-order valence-electron chi connectivity index (χ2n) is 3.04. The predicted octanol–water partition coefficient (Wildman–Crippen LogP) is 2.36. The molecule has 0 amide bonds. The monoisotopic (exact) mass is 238 g/mol. The lowest BCUT2D eigenvalue weighted by atomic mass is 10.3. The summed E-state index contributed by atoms with van der Waals surface area (Å²) in [6.45, 7) is 0. The summed E-state index contributed by atoms with van der Waals surface area (Å²) in [5, 5.41) is 0.0283. The third-order valence-electron chi connectivity index (χ3n) is 2.04. The Bertz CT molecular complexity index is 460. The third-order valence-corrected chi connectivity index (χ3v) is 3.90. The summed E-state index contributed by atoms with van der Waals surface area (Å²) in [4.78, 5) is 15.8. The van der Waals surface area contributed by atoms with Gasteiger partial charge in [-0.2, -0.15) is 0 Å². The number of rotatable bonds is 1. The first-order valence-corrected chi connectivity index (χ1v) is 6.42. The molecule has 0 aliphatic carbocycles. The van der Waals surface area contributed by atoms with Gasteiger partial charge in [0.15, 0.2) is 0 Å². The minimum absolute atomic E-state index is 0.0283. The zero-order valence-electron chi connectivity index (χ0n) is 8.43. The van der Waals surface area contributed by atoms with Gasteiger partial charge in [0, 0.05) is 18.9 Å². The molecule has 2 rings (SSSR count). The number of carbonyl (C=O) groups is 1. The Labute approximate surface area is 96.6 Å². The van der Waals surface area contributed by atoms with E-state index in [0.717, 1.165) is 10.1 Å². The van der Waals surface area contributed by atoms with E-state index in [0.29, 0.717) is 5.70 Å². The summed E-state index contributed by atoms with van der Waals surface area (Å²) in [7, 11) is 1.94. The molecule has 0 spiro atoms. The first-order valence-electron chi connectivity index (χ1n) is 4.38. The maximum absolute atomic E-state index is 11.5. The van der Waals surface area contributed by atoms with Crippen LogP contribution in [0.15, 0.2) is 29.0 Å². The molecule has 0 fully saturated rings. The molecule has 0 radical (unpaired) electrons. The number of thioether (sulfide) groups is 2. The van der Waals surface area contributed by atoms with Gasteiger partial charge in [-0.15, -0.1) is 11.8 Å². The van der Waals surface area contributed by atoms with Crippen LogP contribution < -0.4 is 0 Å². The number of hydrogen-bond donors (Lipinski definition) is 0. The minimum Gasteiger partial charge on any atom is -0.351 e. The van der Waals surface area contributed by atoms with Crippen molar-refractivity contribution in [1.82, 2.24) is 4.57 Å². The van der Waals surface area contributed by atoms with Gasteiger partial charge in [0.05, 0.1) is 0 Å². The van der Waals surface area contributed by atoms with Crippen molar-refractivity contribution in [2.24, 2.45) is 12.0 Å². The largest absolute Gasteiger partial charge is 0.351 e. The molecular weight excluding hydrogens is 228 g/mol. The maximum atomic E-state index is 11.5. The van der Waals surface area contributed by atoms with E-state index in [1.807, 2.05) is 42.3 Å². The number of carbonyl (C=O) groups excluding carboxylic acids is 1. The molecule has 0 atom stereocenters. The van der Waals surface area contributed by atoms with Crippen molar-refractivity contribution in [3.63, 3.8) is 0 Å². The van der Waals surface area contributed by atoms with Crippen LogP contribution in [0.25, 0.3) is 6.08 Å². The number of aromatic nitrogens is 1. The van der Waals surface area contributed by atoms with Crippen LogP contribution in [0.5, 0.6) is 0 Å². The van der Waals surface area contributed by atoms with Crippen LogP contribution in [-0.2, 0) is 11.8 Å². The van der Waals surface area contributed by atoms with Crippen LogP contribution in [-0.4, -0.2) is 20.3 Å². The highest BCUT2D eigenvalue weighted by Gasteiger charge is 2.21. The lowest BCUT2D eigenvalue weighted by molar-refractivity contribution is -0.107. The van der Waals surface area contributed by atoms with E-state index in [-0.39, 0.29) is 5.12 Å². The van der Waals surface area contributed by atoms with E-state index in [9.17, 15) is 4.79 Å². The smallest absolute Gasteiger partial charge is 0.244 e. The zero-order valence-corrected chi connectivity index (χ0v) is 10.1. The van der Waals surface area contributed by atoms with Gasteiger partial charge in [0.2, 0.25) is 5.12 Å². The lowest BCUT2D eigenvalue weighted by Gasteiger charge is -1.95. The normalized spacial score (nSPS) is 18.7. The molecule has 0 aromatic carbocycles. The van der Waals surface area contributed by atoms with Crippen molar-refractivity contribution in [3.8, 4) is 0 Å². The molecular formula is C10H10N2OS2. The molecule has 0 saturated heterocycles. The Morgan fingerprint density at radius 1 is 1.60 bits per heavy atom. The van der Waals surface area contributed by atoms with E-state index in [4.69, 9.17) is 0 Å². The highest BCUT2D eigenvalue weighted by atomic mass is 32.2. The minimum atomic E-state index is 0.0283. The summed E-state index contributed by atoms with van der Waals surface area (Å²) in [6, 6.07) is 3.90. The van der Waals surface area contributed by atoms with Gasteiger partial charge in [-0.1, -0.05) is 0 Å². The molecule has 78 valence electrons. The molecule has 0 N–H and O–H groups in total. The summed E-state index contributed by atoms with van der Waals surface area (Å²) in [5.74, 6) is 0. The Hall–Kier alpha value is -0.940. The molecule has 1 aliphatic heterocycles. The fraction of sp³-hybridized carbons (Fsp3) is 0.200. The van der Waals surface area contributed by atoms with Gasteiger partial charge in [-0.3, -0.25) is 4.79 Å². The number of hydrogen-bond acceptors (Lipinski definition) is 4. The molecule has 3 nitrogen and oxygen atoms in total. The third kappa shape index (κ3) is 2.18. The molecule has 0 saturated carbocycles. The van der Waals surface area contributed by atoms with Crippen molar-refractivity contribution in [1.29, 1.82) is 0 Å². The number of aryl methyl sites for hydroxylation is 1. The molecule has 2 heterocycles. The van der Waals surface area contributed by atoms with Crippen molar-refractivity contribution >= 4 is 39.1 Å². The van der Waals surface area contributed by atoms with Gasteiger partial charge >= 0.3 is 0 Å². The Balaban J connectivity index is 2.32. The number of nitrogens with zero attached hydrogens (tertiary/aromatic N) is 2. The van der Waals surface area contributed by atoms with Crippen molar-refractivity contribution in [2.75, 3.05) is 6.26 Å². The van der Waals surface area contributed by atoms with Gasteiger partial charge in [0.1, 0.15) is 10.1 Å². The zero-order chi connectivity index (χ0) is 10.8. The summed E-state index contributed by atoms with van der Waals surface area (Å²) in [6.07, 6.45) is 5.68. The fourth-order valence-electron chi connectivity index (χ4n) is 1.24. The van der Waals surface area contributed by atoms with E-state index in [1.165, 1.54) is 23.5 Å². The van der Waals surface area contributed by atoms with Crippen LogP contribution in [0.1, 0.15) is 5.69 Å². The molecule has 1 aliphatic rings. The van der Waals surface area contributed by atoms with Crippen molar-refractivity contribution < 1.29 is 4.79 Å². The maximum Gasteiger partial charge on any atom is 0.244 e. The van der Waals surface area contributed by atoms with Crippen LogP contribution >= 0.6 is 23.5 Å². The van der Waals surface area contributed by atoms with Gasteiger partial charge in [-0.25, -0.2) is 4.99 Å². The molecule has 0 bridgehead atoms. The van der Waals surface area contributed by atoms with Crippen LogP contribution in [0.2, 0.25) is 0 Å². The van der Waals surface area contributed by atoms with E-state index in [2.05, 4.69) is 4.99 Å². The molecule has 15 heavy (non-hydrogen) atoms. The summed E-state index contributed by atoms with van der Waals surface area (Å²) in [5.41, 5.74) is 1.52. The van der Waals surface area contributed by atoms with Crippen LogP contribution in [0, 0.1) is 0 Å². The van der Waals surface area contributed by atoms with Crippen LogP contribution in [0.3, 0.4) is 0 Å². The SMILES string of the molecule is CSC1=N/C(=C\c2cccn2C)C(=O)S1. The summed E-state index contributed by atoms with van der Waals surface area (Å²) >= 11 is 2.70. The molecule has 1 aromatic rings.